The number of nitrogens with zero attached hydrogens (tertiary/aromatic N) is 5. The first-order chi connectivity index (χ1) is 14.9. The van der Waals surface area contributed by atoms with Crippen molar-refractivity contribution in [1.82, 2.24) is 19.6 Å². The number of piperidine rings is 1. The molecule has 3 unspecified atom stereocenters. The lowest BCUT2D eigenvalue weighted by molar-refractivity contribution is 0.0698. The smallest absolute Gasteiger partial charge is 0.341 e. The molecule has 3 aromatic heterocycles. The molecular formula is C21H21FN6O3. The van der Waals surface area contributed by atoms with Crippen molar-refractivity contribution in [2.75, 3.05) is 18.1 Å². The predicted molar refractivity (Wildman–Crippen MR) is 107 cm³/mol. The third kappa shape index (κ3) is 3.09. The van der Waals surface area contributed by atoms with E-state index in [1.54, 1.807) is 12.3 Å². The van der Waals surface area contributed by atoms with Crippen molar-refractivity contribution < 1.29 is 19.0 Å². The van der Waals surface area contributed by atoms with Gasteiger partial charge in [0.2, 0.25) is 5.88 Å². The number of pyridine rings is 1. The lowest BCUT2D eigenvalue weighted by Crippen LogP contribution is -2.31. The van der Waals surface area contributed by atoms with Gasteiger partial charge in [0, 0.05) is 18.3 Å². The summed E-state index contributed by atoms with van der Waals surface area (Å²) in [6.45, 7) is 1.10. The Labute approximate surface area is 176 Å². The van der Waals surface area contributed by atoms with Crippen LogP contribution in [-0.4, -0.2) is 49.3 Å². The highest BCUT2D eigenvalue weighted by atomic mass is 19.1. The van der Waals surface area contributed by atoms with Gasteiger partial charge in [-0.05, 0) is 43.2 Å². The molecule has 0 spiro atoms. The minimum Gasteiger partial charge on any atom is -0.477 e. The summed E-state index contributed by atoms with van der Waals surface area (Å²) in [5, 5.41) is 13.5. The van der Waals surface area contributed by atoms with Gasteiger partial charge < -0.3 is 20.5 Å². The van der Waals surface area contributed by atoms with Crippen molar-refractivity contribution in [2.45, 2.75) is 30.8 Å². The second-order valence-corrected chi connectivity index (χ2v) is 8.87. The third-order valence-corrected chi connectivity index (χ3v) is 6.58. The largest absolute Gasteiger partial charge is 0.477 e. The Morgan fingerprint density at radius 3 is 3.00 bits per heavy atom. The van der Waals surface area contributed by atoms with Crippen LogP contribution in [0.2, 0.25) is 0 Å². The van der Waals surface area contributed by atoms with E-state index in [4.69, 9.17) is 10.5 Å². The quantitative estimate of drug-likeness (QED) is 0.617. The number of carboxylic acids is 1. The molecule has 3 fully saturated rings. The summed E-state index contributed by atoms with van der Waals surface area (Å²) in [6.07, 6.45) is 7.01. The summed E-state index contributed by atoms with van der Waals surface area (Å²) in [6, 6.07) is 3.13. The fourth-order valence-electron chi connectivity index (χ4n) is 4.56. The number of anilines is 1. The Hall–Kier alpha value is -3.27. The molecule has 10 heteroatoms. The minimum atomic E-state index is -1.08. The van der Waals surface area contributed by atoms with Gasteiger partial charge in [0.25, 0.3) is 0 Å². The normalized spacial score (nSPS) is 25.5. The van der Waals surface area contributed by atoms with E-state index in [1.165, 1.54) is 16.8 Å². The maximum atomic E-state index is 14.2. The van der Waals surface area contributed by atoms with Crippen LogP contribution in [0.1, 0.15) is 41.2 Å². The van der Waals surface area contributed by atoms with Gasteiger partial charge in [-0.2, -0.15) is 5.10 Å². The van der Waals surface area contributed by atoms with Gasteiger partial charge in [-0.15, -0.1) is 0 Å². The van der Waals surface area contributed by atoms with Crippen LogP contribution in [0, 0.1) is 17.7 Å². The zero-order valence-electron chi connectivity index (χ0n) is 16.6. The van der Waals surface area contributed by atoms with Gasteiger partial charge in [0.1, 0.15) is 23.8 Å². The molecular weight excluding hydrogens is 403 g/mol. The average molecular weight is 424 g/mol. The summed E-state index contributed by atoms with van der Waals surface area (Å²) in [7, 11) is 0. The van der Waals surface area contributed by atoms with Crippen LogP contribution >= 0.6 is 0 Å². The Balaban J connectivity index is 1.38. The molecule has 1 aliphatic heterocycles. The second kappa shape index (κ2) is 6.36. The number of carbonyl (C=O) groups is 1. The van der Waals surface area contributed by atoms with E-state index in [1.807, 2.05) is 0 Å². The molecule has 0 aromatic carbocycles. The van der Waals surface area contributed by atoms with E-state index in [0.29, 0.717) is 35.7 Å². The summed E-state index contributed by atoms with van der Waals surface area (Å²) in [5.74, 6) is 0.347. The molecule has 0 amide bonds. The predicted octanol–water partition coefficient (Wildman–Crippen LogP) is 2.03. The number of hydrogen-bond donors (Lipinski definition) is 2. The molecule has 6 rings (SSSR count). The zero-order chi connectivity index (χ0) is 21.3. The number of nitrogens with two attached hydrogens (primary N) is 1. The SMILES string of the molecule is NC1(COc2ncc(F)cc2C2C3CC3CN2c2ccn3ncc(C(=O)O)c3n2)CC1. The van der Waals surface area contributed by atoms with E-state index < -0.39 is 11.8 Å². The fraction of sp³-hybridized carbons (Fsp3) is 0.429. The molecule has 0 bridgehead atoms. The minimum absolute atomic E-state index is 0.0388. The summed E-state index contributed by atoms with van der Waals surface area (Å²) in [5.41, 5.74) is 6.84. The van der Waals surface area contributed by atoms with Crippen LogP contribution in [0.15, 0.2) is 30.7 Å². The van der Waals surface area contributed by atoms with Crippen molar-refractivity contribution >= 4 is 17.4 Å². The summed E-state index contributed by atoms with van der Waals surface area (Å²) >= 11 is 0. The van der Waals surface area contributed by atoms with Crippen LogP contribution in [0.3, 0.4) is 0 Å². The summed E-state index contributed by atoms with van der Waals surface area (Å²) < 4.78 is 21.6. The number of fused-ring (bicyclic) bond motifs is 2. The van der Waals surface area contributed by atoms with Crippen molar-refractivity contribution in [3.63, 3.8) is 0 Å². The number of ether oxygens (including phenoxy) is 1. The van der Waals surface area contributed by atoms with Crippen molar-refractivity contribution in [3.05, 3.63) is 47.7 Å². The standard InChI is InChI=1S/C21H21FN6O3/c22-12-6-14(19(24-7-12)31-10-21(23)2-3-21)17-13-5-11(13)9-27(17)16-1-4-28-18(26-16)15(8-25-28)20(29)30/h1,4,6-8,11,13,17H,2-3,5,9-10,23H2,(H,29,30). The van der Waals surface area contributed by atoms with E-state index in [2.05, 4.69) is 20.0 Å². The van der Waals surface area contributed by atoms with Crippen LogP contribution in [-0.2, 0) is 0 Å². The average Bonchev–Trinajstić information content (AvgIpc) is 3.59. The number of carboxylic acid groups (broad SMARTS) is 1. The molecule has 160 valence electrons. The number of hydrogen-bond acceptors (Lipinski definition) is 7. The Morgan fingerprint density at radius 2 is 2.23 bits per heavy atom. The van der Waals surface area contributed by atoms with E-state index >= 15 is 0 Å². The van der Waals surface area contributed by atoms with Crippen LogP contribution in [0.4, 0.5) is 10.2 Å². The van der Waals surface area contributed by atoms with Crippen molar-refractivity contribution in [2.24, 2.45) is 17.6 Å². The molecule has 3 aromatic rings. The zero-order valence-corrected chi connectivity index (χ0v) is 16.6. The molecule has 31 heavy (non-hydrogen) atoms. The summed E-state index contributed by atoms with van der Waals surface area (Å²) in [4.78, 5) is 22.4. The first-order valence-corrected chi connectivity index (χ1v) is 10.3. The van der Waals surface area contributed by atoms with Gasteiger partial charge in [-0.3, -0.25) is 0 Å². The van der Waals surface area contributed by atoms with Crippen molar-refractivity contribution in [1.29, 1.82) is 0 Å². The van der Waals surface area contributed by atoms with Gasteiger partial charge in [0.05, 0.1) is 24.0 Å². The second-order valence-electron chi connectivity index (χ2n) is 8.87. The number of rotatable bonds is 6. The van der Waals surface area contributed by atoms with Crippen LogP contribution in [0.5, 0.6) is 5.88 Å². The van der Waals surface area contributed by atoms with E-state index in [-0.39, 0.29) is 22.8 Å². The fourth-order valence-corrected chi connectivity index (χ4v) is 4.56. The van der Waals surface area contributed by atoms with Gasteiger partial charge >= 0.3 is 5.97 Å². The van der Waals surface area contributed by atoms with Crippen LogP contribution < -0.4 is 15.4 Å². The topological polar surface area (TPSA) is 119 Å². The van der Waals surface area contributed by atoms with Gasteiger partial charge in [-0.1, -0.05) is 0 Å². The van der Waals surface area contributed by atoms with Crippen molar-refractivity contribution in [3.8, 4) is 5.88 Å². The molecule has 9 nitrogen and oxygen atoms in total. The molecule has 2 saturated carbocycles. The number of aromatic nitrogens is 4. The lowest BCUT2D eigenvalue weighted by Gasteiger charge is -2.30. The Bertz CT molecular complexity index is 1210. The molecule has 0 radical (unpaired) electrons. The molecule has 3 N–H and O–H groups in total. The molecule has 1 saturated heterocycles. The number of halogens is 1. The lowest BCUT2D eigenvalue weighted by atomic mass is 10.0. The van der Waals surface area contributed by atoms with Gasteiger partial charge in [-0.25, -0.2) is 23.7 Å². The first kappa shape index (κ1) is 18.5. The monoisotopic (exact) mass is 424 g/mol. The van der Waals surface area contributed by atoms with Gasteiger partial charge in [0.15, 0.2) is 5.65 Å². The Morgan fingerprint density at radius 1 is 1.39 bits per heavy atom. The highest BCUT2D eigenvalue weighted by Crippen LogP contribution is 2.58. The molecule has 3 atom stereocenters. The molecule has 3 aliphatic rings. The van der Waals surface area contributed by atoms with Crippen LogP contribution in [0.25, 0.3) is 5.65 Å². The maximum Gasteiger partial charge on any atom is 0.341 e. The highest BCUT2D eigenvalue weighted by molar-refractivity contribution is 5.94. The van der Waals surface area contributed by atoms with E-state index in [0.717, 1.165) is 32.0 Å². The maximum absolute atomic E-state index is 14.2. The van der Waals surface area contributed by atoms with E-state index in [9.17, 15) is 14.3 Å². The number of aromatic carboxylic acids is 1. The molecule has 2 aliphatic carbocycles. The Kier molecular flexibility index (Phi) is 3.80. The third-order valence-electron chi connectivity index (χ3n) is 6.58. The highest BCUT2D eigenvalue weighted by Gasteiger charge is 2.54. The molecule has 4 heterocycles. The first-order valence-electron chi connectivity index (χ1n) is 10.3.